The number of nitrogens with zero attached hydrogens (tertiary/aromatic N) is 4. The van der Waals surface area contributed by atoms with Crippen LogP contribution in [0.3, 0.4) is 0 Å². The fourth-order valence-electron chi connectivity index (χ4n) is 4.76. The summed E-state index contributed by atoms with van der Waals surface area (Å²) in [6.07, 6.45) is 2.15. The average molecular weight is 464 g/mol. The molecule has 4 heterocycles. The summed E-state index contributed by atoms with van der Waals surface area (Å²) in [5.41, 5.74) is 3.72. The van der Waals surface area contributed by atoms with Crippen molar-refractivity contribution in [3.8, 4) is 16.9 Å². The highest BCUT2D eigenvalue weighted by atomic mass is 19.1. The fourth-order valence-corrected chi connectivity index (χ4v) is 4.76. The number of H-pyrrole nitrogens is 1. The van der Waals surface area contributed by atoms with Gasteiger partial charge < -0.3 is 24.9 Å². The summed E-state index contributed by atoms with van der Waals surface area (Å²) in [4.78, 5) is 8.02. The van der Waals surface area contributed by atoms with E-state index >= 15 is 4.39 Å². The molecule has 3 N–H and O–H groups in total. The largest absolute Gasteiger partial charge is 0.496 e. The van der Waals surface area contributed by atoms with Gasteiger partial charge in [-0.2, -0.15) is 5.10 Å². The van der Waals surface area contributed by atoms with Crippen LogP contribution in [0.25, 0.3) is 22.0 Å². The molecule has 0 bridgehead atoms. The molecule has 4 aromatic rings. The van der Waals surface area contributed by atoms with Gasteiger partial charge >= 0.3 is 0 Å². The molecule has 2 aliphatic rings. The molecule has 6 rings (SSSR count). The second-order valence-corrected chi connectivity index (χ2v) is 9.04. The summed E-state index contributed by atoms with van der Waals surface area (Å²) in [5, 5.41) is 16.0. The lowest BCUT2D eigenvalue weighted by Gasteiger charge is -2.21. The molecule has 1 fully saturated rings. The Labute approximate surface area is 195 Å². The third-order valence-corrected chi connectivity index (χ3v) is 6.56. The Morgan fingerprint density at radius 3 is 2.68 bits per heavy atom. The maximum Gasteiger partial charge on any atom is 0.159 e. The second kappa shape index (κ2) is 7.34. The van der Waals surface area contributed by atoms with E-state index in [2.05, 4.69) is 31.9 Å². The quantitative estimate of drug-likeness (QED) is 0.400. The first kappa shape index (κ1) is 20.8. The van der Waals surface area contributed by atoms with Gasteiger partial charge in [-0.25, -0.2) is 9.38 Å². The number of hydrogen-bond acceptors (Lipinski definition) is 7. The molecule has 1 unspecified atom stereocenters. The number of aromatic amines is 1. The van der Waals surface area contributed by atoms with Crippen molar-refractivity contribution in [2.45, 2.75) is 45.7 Å². The Morgan fingerprint density at radius 1 is 1.21 bits per heavy atom. The van der Waals surface area contributed by atoms with Gasteiger partial charge in [0.1, 0.15) is 35.1 Å². The number of fused-ring (bicyclic) bond motifs is 3. The molecule has 34 heavy (non-hydrogen) atoms. The summed E-state index contributed by atoms with van der Waals surface area (Å²) < 4.78 is 28.8. The summed E-state index contributed by atoms with van der Waals surface area (Å²) in [7, 11) is 3.44. The lowest BCUT2D eigenvalue weighted by molar-refractivity contribution is 0.393. The zero-order valence-electron chi connectivity index (χ0n) is 19.7. The van der Waals surface area contributed by atoms with Crippen molar-refractivity contribution in [1.29, 1.82) is 0 Å². The predicted octanol–water partition coefficient (Wildman–Crippen LogP) is 4.83. The van der Waals surface area contributed by atoms with Gasteiger partial charge in [0.05, 0.1) is 40.7 Å². The highest BCUT2D eigenvalue weighted by molar-refractivity contribution is 6.20. The van der Waals surface area contributed by atoms with Gasteiger partial charge in [-0.05, 0) is 39.7 Å². The molecule has 0 spiro atoms. The van der Waals surface area contributed by atoms with E-state index < -0.39 is 5.82 Å². The SMILES string of the molecule is COc1cc2c3c([nH]c2c(F)c1-c1c(C)noc1C)NC(C)N=C3Nc1cc(C2CC2)nn1C. The molecule has 3 aromatic heterocycles. The van der Waals surface area contributed by atoms with Crippen LogP contribution in [0.15, 0.2) is 21.6 Å². The van der Waals surface area contributed by atoms with Gasteiger partial charge in [0, 0.05) is 24.4 Å². The minimum atomic E-state index is -0.427. The second-order valence-electron chi connectivity index (χ2n) is 9.04. The van der Waals surface area contributed by atoms with Crippen LogP contribution >= 0.6 is 0 Å². The third-order valence-electron chi connectivity index (χ3n) is 6.56. The van der Waals surface area contributed by atoms with Gasteiger partial charge in [-0.15, -0.1) is 0 Å². The molecule has 0 amide bonds. The number of aliphatic imine (C=N–C) groups is 1. The third kappa shape index (κ3) is 3.08. The first-order valence-electron chi connectivity index (χ1n) is 11.4. The molecule has 1 aromatic carbocycles. The number of ether oxygens (including phenoxy) is 1. The van der Waals surface area contributed by atoms with E-state index in [0.29, 0.717) is 56.8 Å². The number of halogens is 1. The van der Waals surface area contributed by atoms with Gasteiger partial charge in [0.15, 0.2) is 5.82 Å². The number of benzene rings is 1. The topological polar surface area (TPSA) is 105 Å². The van der Waals surface area contributed by atoms with Gasteiger partial charge in [-0.3, -0.25) is 4.68 Å². The normalized spacial score (nSPS) is 17.5. The van der Waals surface area contributed by atoms with Crippen LogP contribution in [0.5, 0.6) is 5.75 Å². The molecule has 1 aliphatic carbocycles. The highest BCUT2D eigenvalue weighted by Gasteiger charge is 2.31. The van der Waals surface area contributed by atoms with Crippen molar-refractivity contribution in [1.82, 2.24) is 19.9 Å². The number of anilines is 2. The summed E-state index contributed by atoms with van der Waals surface area (Å²) >= 11 is 0. The molecule has 0 radical (unpaired) electrons. The molecule has 10 heteroatoms. The first-order valence-corrected chi connectivity index (χ1v) is 11.4. The van der Waals surface area contributed by atoms with Crippen LogP contribution in [-0.2, 0) is 7.05 Å². The van der Waals surface area contributed by atoms with Crippen LogP contribution in [0.1, 0.15) is 48.4 Å². The number of aryl methyl sites for hydroxylation is 3. The smallest absolute Gasteiger partial charge is 0.159 e. The number of rotatable bonds is 4. The van der Waals surface area contributed by atoms with Crippen molar-refractivity contribution in [3.63, 3.8) is 0 Å². The predicted molar refractivity (Wildman–Crippen MR) is 128 cm³/mol. The maximum atomic E-state index is 16.1. The lowest BCUT2D eigenvalue weighted by atomic mass is 9.99. The Morgan fingerprint density at radius 2 is 2.00 bits per heavy atom. The number of amidine groups is 1. The van der Waals surface area contributed by atoms with E-state index in [-0.39, 0.29) is 6.17 Å². The Hall–Kier alpha value is -3.82. The molecule has 1 aliphatic heterocycles. The Balaban J connectivity index is 1.51. The standard InChI is InChI=1S/C24H26FN7O2/c1-10-18(11(2)34-31-10)20-16(33-5)8-14-19-23(26-12(3)27-24(19)29-22(14)21(20)25)28-17-9-15(13-6-7-13)30-32(17)4/h8-9,12-13,27,29H,6-7H2,1-5H3,(H,26,28). The van der Waals surface area contributed by atoms with Gasteiger partial charge in [0.2, 0.25) is 0 Å². The molecular formula is C24H26FN7O2. The van der Waals surface area contributed by atoms with Crippen LogP contribution in [0, 0.1) is 19.7 Å². The van der Waals surface area contributed by atoms with Crippen LogP contribution in [-0.4, -0.2) is 39.0 Å². The zero-order chi connectivity index (χ0) is 23.7. The first-order chi connectivity index (χ1) is 16.4. The molecule has 9 nitrogen and oxygen atoms in total. The van der Waals surface area contributed by atoms with E-state index in [9.17, 15) is 0 Å². The Kier molecular flexibility index (Phi) is 4.48. The molecule has 1 saturated carbocycles. The molecule has 176 valence electrons. The van der Waals surface area contributed by atoms with Crippen molar-refractivity contribution >= 4 is 28.4 Å². The van der Waals surface area contributed by atoms with Crippen molar-refractivity contribution in [2.75, 3.05) is 17.7 Å². The van der Waals surface area contributed by atoms with Crippen molar-refractivity contribution in [2.24, 2.45) is 12.0 Å². The zero-order valence-corrected chi connectivity index (χ0v) is 19.7. The number of nitrogens with one attached hydrogen (secondary N) is 3. The van der Waals surface area contributed by atoms with E-state index in [0.717, 1.165) is 17.1 Å². The number of hydrogen-bond donors (Lipinski definition) is 3. The Bertz CT molecular complexity index is 1460. The minimum Gasteiger partial charge on any atom is -0.496 e. The van der Waals surface area contributed by atoms with E-state index in [4.69, 9.17) is 14.3 Å². The molecular weight excluding hydrogens is 437 g/mol. The van der Waals surface area contributed by atoms with E-state index in [1.54, 1.807) is 13.8 Å². The highest BCUT2D eigenvalue weighted by Crippen LogP contribution is 2.44. The minimum absolute atomic E-state index is 0.203. The van der Waals surface area contributed by atoms with Crippen molar-refractivity contribution in [3.05, 3.63) is 40.7 Å². The fraction of sp³-hybridized carbons (Fsp3) is 0.375. The summed E-state index contributed by atoms with van der Waals surface area (Å²) in [5.74, 6) is 3.23. The van der Waals surface area contributed by atoms with Gasteiger partial charge in [0.25, 0.3) is 0 Å². The van der Waals surface area contributed by atoms with Crippen LogP contribution < -0.4 is 15.4 Å². The van der Waals surface area contributed by atoms with Crippen molar-refractivity contribution < 1.29 is 13.7 Å². The van der Waals surface area contributed by atoms with Gasteiger partial charge in [-0.1, -0.05) is 5.16 Å². The van der Waals surface area contributed by atoms with E-state index in [1.165, 1.54) is 20.0 Å². The summed E-state index contributed by atoms with van der Waals surface area (Å²) in [6, 6.07) is 3.90. The van der Waals surface area contributed by atoms with Crippen LogP contribution in [0.2, 0.25) is 0 Å². The maximum absolute atomic E-state index is 16.1. The van der Waals surface area contributed by atoms with E-state index in [1.807, 2.05) is 24.7 Å². The lowest BCUT2D eigenvalue weighted by Crippen LogP contribution is -2.27. The number of aromatic nitrogens is 4. The van der Waals surface area contributed by atoms with Crippen LogP contribution in [0.4, 0.5) is 16.0 Å². The monoisotopic (exact) mass is 463 g/mol. The molecule has 0 saturated heterocycles. The number of methoxy groups -OCH3 is 1. The molecule has 1 atom stereocenters. The average Bonchev–Trinajstić information content (AvgIpc) is 3.39. The summed E-state index contributed by atoms with van der Waals surface area (Å²) in [6.45, 7) is 5.50.